The maximum absolute atomic E-state index is 2.29. The Morgan fingerprint density at radius 1 is 0.706 bits per heavy atom. The fourth-order valence-electron chi connectivity index (χ4n) is 2.21. The van der Waals surface area contributed by atoms with Gasteiger partial charge in [-0.2, -0.15) is 0 Å². The normalized spacial score (nSPS) is 12.1. The van der Waals surface area contributed by atoms with Crippen LogP contribution in [0.5, 0.6) is 0 Å². The van der Waals surface area contributed by atoms with Crippen LogP contribution in [0, 0.1) is 0 Å². The van der Waals surface area contributed by atoms with Crippen LogP contribution in [0.2, 0.25) is 0 Å². The van der Waals surface area contributed by atoms with E-state index < -0.39 is 0 Å². The SMILES string of the molecule is CC=C(C)CCCCCCCCCCCCC. The molecule has 102 valence electrons. The van der Waals surface area contributed by atoms with E-state index in [9.17, 15) is 0 Å². The van der Waals surface area contributed by atoms with Gasteiger partial charge in [0, 0.05) is 0 Å². The average Bonchev–Trinajstić information content (AvgIpc) is 2.35. The number of rotatable bonds is 12. The third-order valence-electron chi connectivity index (χ3n) is 3.67. The van der Waals surface area contributed by atoms with Gasteiger partial charge in [-0.05, 0) is 26.7 Å². The first-order valence-corrected chi connectivity index (χ1v) is 7.93. The van der Waals surface area contributed by atoms with E-state index in [1.165, 1.54) is 77.0 Å². The fourth-order valence-corrected chi connectivity index (χ4v) is 2.21. The van der Waals surface area contributed by atoms with Crippen molar-refractivity contribution in [2.24, 2.45) is 0 Å². The molecule has 0 aromatic carbocycles. The van der Waals surface area contributed by atoms with Crippen molar-refractivity contribution in [3.05, 3.63) is 11.6 Å². The van der Waals surface area contributed by atoms with Crippen molar-refractivity contribution in [3.63, 3.8) is 0 Å². The van der Waals surface area contributed by atoms with Crippen LogP contribution >= 0.6 is 0 Å². The van der Waals surface area contributed by atoms with Crippen molar-refractivity contribution in [3.8, 4) is 0 Å². The highest BCUT2D eigenvalue weighted by Gasteiger charge is 1.93. The zero-order valence-corrected chi connectivity index (χ0v) is 12.6. The van der Waals surface area contributed by atoms with Crippen LogP contribution in [-0.2, 0) is 0 Å². The highest BCUT2D eigenvalue weighted by atomic mass is 14.0. The minimum atomic E-state index is 1.31. The molecule has 0 amide bonds. The molecule has 0 aliphatic heterocycles. The largest absolute Gasteiger partial charge is 0.0887 e. The summed E-state index contributed by atoms with van der Waals surface area (Å²) in [6.07, 6.45) is 19.4. The Balaban J connectivity index is 2.99. The van der Waals surface area contributed by atoms with E-state index in [4.69, 9.17) is 0 Å². The van der Waals surface area contributed by atoms with Gasteiger partial charge in [0.05, 0.1) is 0 Å². The van der Waals surface area contributed by atoms with Gasteiger partial charge < -0.3 is 0 Å². The van der Waals surface area contributed by atoms with Crippen molar-refractivity contribution in [1.29, 1.82) is 0 Å². The summed E-state index contributed by atoms with van der Waals surface area (Å²) in [4.78, 5) is 0. The van der Waals surface area contributed by atoms with Crippen molar-refractivity contribution in [2.45, 2.75) is 97.8 Å². The number of hydrogen-bond acceptors (Lipinski definition) is 0. The second-order valence-electron chi connectivity index (χ2n) is 5.42. The summed E-state index contributed by atoms with van der Waals surface area (Å²) in [5.74, 6) is 0. The van der Waals surface area contributed by atoms with Crippen LogP contribution in [0.15, 0.2) is 11.6 Å². The second kappa shape index (κ2) is 13.8. The smallest absolute Gasteiger partial charge is 0.0323 e. The Morgan fingerprint density at radius 2 is 1.12 bits per heavy atom. The second-order valence-corrected chi connectivity index (χ2v) is 5.42. The zero-order valence-electron chi connectivity index (χ0n) is 12.6. The van der Waals surface area contributed by atoms with Gasteiger partial charge in [0.15, 0.2) is 0 Å². The molecule has 0 heteroatoms. The Bertz CT molecular complexity index is 167. The van der Waals surface area contributed by atoms with E-state index in [1.807, 2.05) is 0 Å². The lowest BCUT2D eigenvalue weighted by atomic mass is 10.0. The maximum atomic E-state index is 2.29. The van der Waals surface area contributed by atoms with Crippen molar-refractivity contribution in [1.82, 2.24) is 0 Å². The summed E-state index contributed by atoms with van der Waals surface area (Å²) in [7, 11) is 0. The van der Waals surface area contributed by atoms with E-state index in [0.29, 0.717) is 0 Å². The van der Waals surface area contributed by atoms with Crippen LogP contribution in [0.1, 0.15) is 97.8 Å². The van der Waals surface area contributed by atoms with Crippen LogP contribution in [0.25, 0.3) is 0 Å². The average molecular weight is 238 g/mol. The summed E-state index contributed by atoms with van der Waals surface area (Å²) >= 11 is 0. The minimum Gasteiger partial charge on any atom is -0.0887 e. The van der Waals surface area contributed by atoms with Gasteiger partial charge in [-0.3, -0.25) is 0 Å². The Hall–Kier alpha value is -0.260. The molecule has 0 saturated carbocycles. The van der Waals surface area contributed by atoms with Crippen molar-refractivity contribution >= 4 is 0 Å². The van der Waals surface area contributed by atoms with E-state index in [-0.39, 0.29) is 0 Å². The molecule has 17 heavy (non-hydrogen) atoms. The lowest BCUT2D eigenvalue weighted by Gasteiger charge is -2.03. The fraction of sp³-hybridized carbons (Fsp3) is 0.882. The van der Waals surface area contributed by atoms with Gasteiger partial charge in [-0.25, -0.2) is 0 Å². The third-order valence-corrected chi connectivity index (χ3v) is 3.67. The molecular formula is C17H34. The molecule has 0 saturated heterocycles. The standard InChI is InChI=1S/C17H34/c1-4-6-7-8-9-10-11-12-13-14-15-16-17(3)5-2/h5H,4,6-16H2,1-3H3. The molecular weight excluding hydrogens is 204 g/mol. The first kappa shape index (κ1) is 16.7. The zero-order chi connectivity index (χ0) is 12.8. The highest BCUT2D eigenvalue weighted by molar-refractivity contribution is 4.94. The lowest BCUT2D eigenvalue weighted by molar-refractivity contribution is 0.549. The first-order chi connectivity index (χ1) is 8.31. The molecule has 0 unspecified atom stereocenters. The lowest BCUT2D eigenvalue weighted by Crippen LogP contribution is -1.83. The molecule has 0 aromatic heterocycles. The van der Waals surface area contributed by atoms with Crippen LogP contribution in [0.3, 0.4) is 0 Å². The van der Waals surface area contributed by atoms with Crippen molar-refractivity contribution < 1.29 is 0 Å². The van der Waals surface area contributed by atoms with E-state index >= 15 is 0 Å². The molecule has 0 nitrogen and oxygen atoms in total. The predicted octanol–water partition coefficient (Wildman–Crippen LogP) is 6.65. The monoisotopic (exact) mass is 238 g/mol. The van der Waals surface area contributed by atoms with Gasteiger partial charge in [-0.15, -0.1) is 0 Å². The van der Waals surface area contributed by atoms with Gasteiger partial charge in [0.25, 0.3) is 0 Å². The minimum absolute atomic E-state index is 1.31. The summed E-state index contributed by atoms with van der Waals surface area (Å²) < 4.78 is 0. The molecule has 0 aliphatic rings. The van der Waals surface area contributed by atoms with Gasteiger partial charge >= 0.3 is 0 Å². The van der Waals surface area contributed by atoms with Crippen LogP contribution in [-0.4, -0.2) is 0 Å². The molecule has 0 atom stereocenters. The molecule has 0 aromatic rings. The Labute approximate surface area is 110 Å². The molecule has 0 N–H and O–H groups in total. The van der Waals surface area contributed by atoms with Gasteiger partial charge in [0.1, 0.15) is 0 Å². The molecule has 0 bridgehead atoms. The Morgan fingerprint density at radius 3 is 1.53 bits per heavy atom. The van der Waals surface area contributed by atoms with Crippen LogP contribution in [0.4, 0.5) is 0 Å². The number of allylic oxidation sites excluding steroid dienone is 2. The Kier molecular flexibility index (Phi) is 13.6. The topological polar surface area (TPSA) is 0 Å². The quantitative estimate of drug-likeness (QED) is 0.263. The molecule has 0 spiro atoms. The molecule has 0 rings (SSSR count). The molecule has 0 radical (unpaired) electrons. The number of hydrogen-bond donors (Lipinski definition) is 0. The molecule has 0 aliphatic carbocycles. The summed E-state index contributed by atoms with van der Waals surface area (Å²) in [5, 5.41) is 0. The molecule has 0 fully saturated rings. The maximum Gasteiger partial charge on any atom is -0.0323 e. The van der Waals surface area contributed by atoms with Crippen molar-refractivity contribution in [2.75, 3.05) is 0 Å². The third kappa shape index (κ3) is 13.7. The predicted molar refractivity (Wildman–Crippen MR) is 80.5 cm³/mol. The highest BCUT2D eigenvalue weighted by Crippen LogP contribution is 2.13. The van der Waals surface area contributed by atoms with E-state index in [1.54, 1.807) is 5.57 Å². The summed E-state index contributed by atoms with van der Waals surface area (Å²) in [5.41, 5.74) is 1.56. The number of unbranched alkanes of at least 4 members (excludes halogenated alkanes) is 10. The van der Waals surface area contributed by atoms with Crippen LogP contribution < -0.4 is 0 Å². The molecule has 0 heterocycles. The summed E-state index contributed by atoms with van der Waals surface area (Å²) in [6, 6.07) is 0. The van der Waals surface area contributed by atoms with Gasteiger partial charge in [0.2, 0.25) is 0 Å². The summed E-state index contributed by atoms with van der Waals surface area (Å²) in [6.45, 7) is 6.68. The van der Waals surface area contributed by atoms with E-state index in [2.05, 4.69) is 26.8 Å². The first-order valence-electron chi connectivity index (χ1n) is 7.93. The van der Waals surface area contributed by atoms with E-state index in [0.717, 1.165) is 0 Å². The van der Waals surface area contributed by atoms with Gasteiger partial charge in [-0.1, -0.05) is 82.8 Å².